The van der Waals surface area contributed by atoms with E-state index in [4.69, 9.17) is 0 Å². The third kappa shape index (κ3) is 2.86. The van der Waals surface area contributed by atoms with Gasteiger partial charge < -0.3 is 0 Å². The Morgan fingerprint density at radius 1 is 0.708 bits per heavy atom. The average molecular weight is 456 g/mol. The summed E-state index contributed by atoms with van der Waals surface area (Å²) < 4.78 is 60.9. The van der Waals surface area contributed by atoms with Crippen molar-refractivity contribution in [1.82, 2.24) is 9.97 Å². The second kappa shape index (κ2) is 5.56. The van der Waals surface area contributed by atoms with Crippen molar-refractivity contribution < 1.29 is 23.9 Å². The Hall–Kier alpha value is -1.40. The first-order valence-electron chi connectivity index (χ1n) is 6.83. The van der Waals surface area contributed by atoms with E-state index >= 15 is 0 Å². The van der Waals surface area contributed by atoms with Crippen LogP contribution in [0.4, 0.5) is 0 Å². The first kappa shape index (κ1) is 17.4. The van der Waals surface area contributed by atoms with Gasteiger partial charge in [0.25, 0.3) is 0 Å². The SMILES string of the molecule is Cc1c([As](=O)(O)O)ccc2nc3c(C)c([As](=O)(O)O)ccc3nc12. The van der Waals surface area contributed by atoms with E-state index in [0.717, 1.165) is 0 Å². The zero-order chi connectivity index (χ0) is 17.9. The molecule has 0 amide bonds. The molecule has 3 rings (SSSR count). The zero-order valence-electron chi connectivity index (χ0n) is 12.7. The minimum atomic E-state index is -5.08. The summed E-state index contributed by atoms with van der Waals surface area (Å²) in [5.41, 5.74) is 2.25. The number of fused-ring (bicyclic) bond motifs is 2. The Kier molecular flexibility index (Phi) is 4.04. The van der Waals surface area contributed by atoms with Crippen molar-refractivity contribution in [2.75, 3.05) is 0 Å². The summed E-state index contributed by atoms with van der Waals surface area (Å²) in [5, 5.41) is 0. The van der Waals surface area contributed by atoms with Gasteiger partial charge in [-0.15, -0.1) is 0 Å². The molecule has 1 heterocycles. The summed E-state index contributed by atoms with van der Waals surface area (Å²) in [6.45, 7) is 3.14. The van der Waals surface area contributed by atoms with E-state index in [1.165, 1.54) is 24.3 Å². The Labute approximate surface area is 142 Å². The molecule has 8 nitrogen and oxygen atoms in total. The van der Waals surface area contributed by atoms with Crippen molar-refractivity contribution in [2.24, 2.45) is 0 Å². The van der Waals surface area contributed by atoms with Crippen LogP contribution >= 0.6 is 0 Å². The topological polar surface area (TPSA) is 141 Å². The van der Waals surface area contributed by atoms with E-state index in [1.807, 2.05) is 0 Å². The number of hydrogen-bond acceptors (Lipinski definition) is 4. The third-order valence-electron chi connectivity index (χ3n) is 3.85. The molecule has 0 aliphatic rings. The van der Waals surface area contributed by atoms with Gasteiger partial charge in [-0.1, -0.05) is 0 Å². The van der Waals surface area contributed by atoms with E-state index in [0.29, 0.717) is 33.2 Å². The van der Waals surface area contributed by atoms with E-state index < -0.39 is 28.3 Å². The van der Waals surface area contributed by atoms with Crippen LogP contribution in [-0.2, 0) is 7.48 Å². The summed E-state index contributed by atoms with van der Waals surface area (Å²) in [6, 6.07) is 5.56. The molecule has 0 atom stereocenters. The van der Waals surface area contributed by atoms with Gasteiger partial charge in [-0.05, 0) is 0 Å². The molecule has 3 aromatic rings. The molecule has 0 saturated heterocycles. The zero-order valence-corrected chi connectivity index (χ0v) is 16.5. The van der Waals surface area contributed by atoms with Crippen LogP contribution in [0.5, 0.6) is 0 Å². The maximum absolute atomic E-state index is 11.6. The van der Waals surface area contributed by atoms with Crippen LogP contribution < -0.4 is 8.70 Å². The van der Waals surface area contributed by atoms with E-state index in [1.54, 1.807) is 13.8 Å². The number of aryl methyl sites for hydroxylation is 2. The molecule has 2 aromatic carbocycles. The molecule has 1 aromatic heterocycles. The van der Waals surface area contributed by atoms with Crippen molar-refractivity contribution >= 4 is 59.1 Å². The fraction of sp³-hybridized carbons (Fsp3) is 0.143. The first-order chi connectivity index (χ1) is 11.0. The predicted octanol–water partition coefficient (Wildman–Crippen LogP) is -1.48. The summed E-state index contributed by atoms with van der Waals surface area (Å²) in [7, 11) is 0. The summed E-state index contributed by atoms with van der Waals surface area (Å²) in [5.74, 6) is 0. The van der Waals surface area contributed by atoms with Crippen LogP contribution in [0.1, 0.15) is 11.1 Å². The van der Waals surface area contributed by atoms with Crippen molar-refractivity contribution in [3.05, 3.63) is 35.4 Å². The Morgan fingerprint density at radius 2 is 1.04 bits per heavy atom. The quantitative estimate of drug-likeness (QED) is 0.271. The first-order valence-corrected chi connectivity index (χ1v) is 13.6. The maximum atomic E-state index is 11.6. The molecule has 0 unspecified atom stereocenters. The second-order valence-electron chi connectivity index (χ2n) is 5.47. The Morgan fingerprint density at radius 3 is 1.33 bits per heavy atom. The monoisotopic (exact) mass is 456 g/mol. The fourth-order valence-electron chi connectivity index (χ4n) is 2.69. The number of rotatable bonds is 2. The van der Waals surface area contributed by atoms with E-state index in [-0.39, 0.29) is 8.70 Å². The van der Waals surface area contributed by atoms with Gasteiger partial charge in [0.1, 0.15) is 0 Å². The van der Waals surface area contributed by atoms with Crippen LogP contribution in [-0.4, -0.2) is 54.7 Å². The minimum absolute atomic E-state index is 0.0546. The number of benzene rings is 2. The molecule has 4 N–H and O–H groups in total. The second-order valence-corrected chi connectivity index (χ2v) is 12.1. The van der Waals surface area contributed by atoms with Crippen molar-refractivity contribution in [3.8, 4) is 0 Å². The molecule has 0 aliphatic heterocycles. The predicted molar refractivity (Wildman–Crippen MR) is 87.5 cm³/mol. The molecule has 24 heavy (non-hydrogen) atoms. The summed E-state index contributed by atoms with van der Waals surface area (Å²) in [6.07, 6.45) is 0. The van der Waals surface area contributed by atoms with Gasteiger partial charge in [0, 0.05) is 0 Å². The van der Waals surface area contributed by atoms with Crippen LogP contribution in [0.15, 0.2) is 24.3 Å². The van der Waals surface area contributed by atoms with Gasteiger partial charge in [-0.2, -0.15) is 0 Å². The number of aromatic nitrogens is 2. The molecule has 126 valence electrons. The third-order valence-corrected chi connectivity index (χ3v) is 8.52. The Balaban J connectivity index is 2.39. The summed E-state index contributed by atoms with van der Waals surface area (Å²) >= 11 is -10.2. The molecular weight excluding hydrogens is 442 g/mol. The molecule has 0 saturated carbocycles. The van der Waals surface area contributed by atoms with Gasteiger partial charge in [0.2, 0.25) is 0 Å². The van der Waals surface area contributed by atoms with Crippen LogP contribution in [0.3, 0.4) is 0 Å². The molecule has 0 radical (unpaired) electrons. The van der Waals surface area contributed by atoms with Gasteiger partial charge in [0.05, 0.1) is 0 Å². The van der Waals surface area contributed by atoms with E-state index in [9.17, 15) is 23.9 Å². The fourth-order valence-corrected chi connectivity index (χ4v) is 6.09. The molecular formula is C14H14As2N2O6. The summed E-state index contributed by atoms with van der Waals surface area (Å²) in [4.78, 5) is 8.79. The molecule has 10 heteroatoms. The Bertz CT molecular complexity index is 998. The number of nitrogens with zero attached hydrogens (tertiary/aromatic N) is 2. The molecule has 0 spiro atoms. The molecule has 0 fully saturated rings. The van der Waals surface area contributed by atoms with Gasteiger partial charge in [0.15, 0.2) is 0 Å². The van der Waals surface area contributed by atoms with Gasteiger partial charge in [-0.25, -0.2) is 0 Å². The number of hydrogen-bond donors (Lipinski definition) is 4. The van der Waals surface area contributed by atoms with Gasteiger partial charge in [-0.3, -0.25) is 0 Å². The average Bonchev–Trinajstić information content (AvgIpc) is 2.44. The van der Waals surface area contributed by atoms with Gasteiger partial charge >= 0.3 is 142 Å². The standard InChI is InChI=1S/C14H14As2N2O6/c1-7-9(15(19,20)21)3-5-11-13(7)17-12-6-4-10(16(22,23)24)8(2)14(12)18-11/h3-6H,1-2H3,(H2,19,20,21)(H2,22,23,24). The van der Waals surface area contributed by atoms with E-state index in [2.05, 4.69) is 9.97 Å². The normalized spacial score (nSPS) is 12.9. The molecule has 0 bridgehead atoms. The van der Waals surface area contributed by atoms with Crippen molar-refractivity contribution in [2.45, 2.75) is 13.8 Å². The van der Waals surface area contributed by atoms with Crippen LogP contribution in [0.2, 0.25) is 0 Å². The molecule has 0 aliphatic carbocycles. The van der Waals surface area contributed by atoms with Crippen LogP contribution in [0, 0.1) is 13.8 Å². The van der Waals surface area contributed by atoms with Crippen molar-refractivity contribution in [3.63, 3.8) is 0 Å². The van der Waals surface area contributed by atoms with Crippen molar-refractivity contribution in [1.29, 1.82) is 0 Å². The van der Waals surface area contributed by atoms with Crippen LogP contribution in [0.25, 0.3) is 22.1 Å².